The van der Waals surface area contributed by atoms with Gasteiger partial charge in [0, 0.05) is 23.5 Å². The van der Waals surface area contributed by atoms with Crippen molar-refractivity contribution in [2.45, 2.75) is 65.2 Å². The zero-order valence-electron chi connectivity index (χ0n) is 15.8. The Kier molecular flexibility index (Phi) is 5.08. The summed E-state index contributed by atoms with van der Waals surface area (Å²) in [5, 5.41) is 0. The van der Waals surface area contributed by atoms with E-state index in [1.165, 1.54) is 37.0 Å². The van der Waals surface area contributed by atoms with Crippen LogP contribution in [0.4, 0.5) is 0 Å². The molecule has 1 unspecified atom stereocenters. The normalized spacial score (nSPS) is 20.6. The summed E-state index contributed by atoms with van der Waals surface area (Å²) in [6.07, 6.45) is 13.1. The number of allylic oxidation sites excluding steroid dienone is 3. The average molecular weight is 323 g/mol. The van der Waals surface area contributed by atoms with E-state index >= 15 is 0 Å². The Morgan fingerprint density at radius 2 is 1.88 bits per heavy atom. The topological polar surface area (TPSA) is 3.01 Å². The largest absolute Gasteiger partial charge is 0.212 e. The summed E-state index contributed by atoms with van der Waals surface area (Å²) in [5.41, 5.74) is 6.31. The van der Waals surface area contributed by atoms with Crippen LogP contribution in [-0.4, -0.2) is 16.8 Å². The van der Waals surface area contributed by atoms with Gasteiger partial charge in [0.25, 0.3) is 0 Å². The second-order valence-corrected chi connectivity index (χ2v) is 7.48. The first-order valence-corrected chi connectivity index (χ1v) is 9.75. The SMILES string of the molecule is CCC(C)C1=CC2=[N+](C=CC1)CCC(CC)(CC)c1ccccc12. The Balaban J connectivity index is 2.20. The molecule has 1 aromatic carbocycles. The highest BCUT2D eigenvalue weighted by Crippen LogP contribution is 2.39. The fourth-order valence-electron chi connectivity index (χ4n) is 4.37. The van der Waals surface area contributed by atoms with Crippen LogP contribution in [0.25, 0.3) is 0 Å². The van der Waals surface area contributed by atoms with Crippen molar-refractivity contribution in [3.8, 4) is 0 Å². The highest BCUT2D eigenvalue weighted by atomic mass is 15.0. The molecule has 0 saturated heterocycles. The third-order valence-corrected chi connectivity index (χ3v) is 6.47. The standard InChI is InChI=1S/C23H32N/c1-5-18(4)19-11-10-15-24-16-14-23(6-2,7-3)21-13-9-8-12-20(21)22(24)17-19/h8-10,12-13,15,17-18H,5-7,11,14,16H2,1-4H3/q+1. The number of rotatable bonds is 4. The Morgan fingerprint density at radius 3 is 2.58 bits per heavy atom. The van der Waals surface area contributed by atoms with Gasteiger partial charge in [-0.2, -0.15) is 4.58 Å². The van der Waals surface area contributed by atoms with Crippen LogP contribution in [0.1, 0.15) is 70.9 Å². The van der Waals surface area contributed by atoms with E-state index in [0.717, 1.165) is 13.0 Å². The average Bonchev–Trinajstić information content (AvgIpc) is 2.91. The lowest BCUT2D eigenvalue weighted by molar-refractivity contribution is -0.457. The molecule has 0 N–H and O–H groups in total. The molecule has 0 bridgehead atoms. The van der Waals surface area contributed by atoms with Crippen molar-refractivity contribution < 1.29 is 4.58 Å². The Bertz CT molecular complexity index is 686. The van der Waals surface area contributed by atoms with Gasteiger partial charge in [0.1, 0.15) is 6.54 Å². The zero-order valence-corrected chi connectivity index (χ0v) is 15.8. The summed E-state index contributed by atoms with van der Waals surface area (Å²) in [5.74, 6) is 0.652. The van der Waals surface area contributed by atoms with Crippen LogP contribution < -0.4 is 0 Å². The van der Waals surface area contributed by atoms with Crippen LogP contribution in [0.5, 0.6) is 0 Å². The van der Waals surface area contributed by atoms with Crippen LogP contribution in [-0.2, 0) is 5.41 Å². The quantitative estimate of drug-likeness (QED) is 0.613. The fraction of sp³-hybridized carbons (Fsp3) is 0.522. The van der Waals surface area contributed by atoms with E-state index in [1.54, 1.807) is 11.1 Å². The Labute approximate surface area is 147 Å². The van der Waals surface area contributed by atoms with Crippen molar-refractivity contribution >= 4 is 5.71 Å². The fourth-order valence-corrected chi connectivity index (χ4v) is 4.37. The van der Waals surface area contributed by atoms with Gasteiger partial charge >= 0.3 is 0 Å². The van der Waals surface area contributed by atoms with Gasteiger partial charge in [-0.3, -0.25) is 0 Å². The molecule has 0 amide bonds. The van der Waals surface area contributed by atoms with Crippen molar-refractivity contribution in [1.82, 2.24) is 0 Å². The van der Waals surface area contributed by atoms with Gasteiger partial charge < -0.3 is 0 Å². The van der Waals surface area contributed by atoms with E-state index < -0.39 is 0 Å². The smallest absolute Gasteiger partial charge is 0.199 e. The third kappa shape index (κ3) is 2.90. The summed E-state index contributed by atoms with van der Waals surface area (Å²) in [6, 6.07) is 9.15. The number of fused-ring (bicyclic) bond motifs is 2. The van der Waals surface area contributed by atoms with Gasteiger partial charge in [-0.15, -0.1) is 0 Å². The molecule has 1 aromatic rings. The maximum Gasteiger partial charge on any atom is 0.212 e. The minimum atomic E-state index is 0.313. The first-order valence-electron chi connectivity index (χ1n) is 9.75. The lowest BCUT2D eigenvalue weighted by atomic mass is 9.71. The number of nitrogens with zero attached hydrogens (tertiary/aromatic N) is 1. The summed E-state index contributed by atoms with van der Waals surface area (Å²) in [4.78, 5) is 0. The van der Waals surface area contributed by atoms with Gasteiger partial charge in [0.2, 0.25) is 5.71 Å². The van der Waals surface area contributed by atoms with Gasteiger partial charge in [0.15, 0.2) is 6.20 Å². The molecule has 0 aromatic heterocycles. The first-order chi connectivity index (χ1) is 11.6. The number of benzene rings is 1. The molecule has 2 aliphatic rings. The monoisotopic (exact) mass is 322 g/mol. The molecule has 1 atom stereocenters. The predicted octanol–water partition coefficient (Wildman–Crippen LogP) is 5.84. The van der Waals surface area contributed by atoms with Crippen LogP contribution in [0, 0.1) is 5.92 Å². The van der Waals surface area contributed by atoms with Crippen molar-refractivity contribution in [2.75, 3.05) is 6.54 Å². The molecule has 2 heterocycles. The highest BCUT2D eigenvalue weighted by molar-refractivity contribution is 6.07. The second kappa shape index (κ2) is 7.09. The number of hydrogen-bond donors (Lipinski definition) is 0. The molecule has 2 aliphatic heterocycles. The van der Waals surface area contributed by atoms with E-state index in [-0.39, 0.29) is 0 Å². The maximum atomic E-state index is 2.50. The first kappa shape index (κ1) is 17.2. The van der Waals surface area contributed by atoms with E-state index in [9.17, 15) is 0 Å². The number of hydrogen-bond acceptors (Lipinski definition) is 0. The summed E-state index contributed by atoms with van der Waals surface area (Å²) in [7, 11) is 0. The van der Waals surface area contributed by atoms with Gasteiger partial charge in [-0.25, -0.2) is 0 Å². The van der Waals surface area contributed by atoms with Crippen LogP contribution in [0.15, 0.2) is 48.2 Å². The van der Waals surface area contributed by atoms with Crippen LogP contribution in [0.2, 0.25) is 0 Å². The highest BCUT2D eigenvalue weighted by Gasteiger charge is 2.37. The molecule has 128 valence electrons. The van der Waals surface area contributed by atoms with Gasteiger partial charge in [-0.1, -0.05) is 51.5 Å². The maximum absolute atomic E-state index is 2.50. The molecule has 1 nitrogen and oxygen atoms in total. The van der Waals surface area contributed by atoms with Crippen LogP contribution >= 0.6 is 0 Å². The lowest BCUT2D eigenvalue weighted by Crippen LogP contribution is -2.26. The molecule has 0 aliphatic carbocycles. The van der Waals surface area contributed by atoms with E-state index in [0.29, 0.717) is 11.3 Å². The third-order valence-electron chi connectivity index (χ3n) is 6.47. The van der Waals surface area contributed by atoms with Gasteiger partial charge in [0.05, 0.1) is 0 Å². The molecule has 24 heavy (non-hydrogen) atoms. The zero-order chi connectivity index (χ0) is 17.2. The minimum Gasteiger partial charge on any atom is -0.199 e. The second-order valence-electron chi connectivity index (χ2n) is 7.48. The molecule has 0 fully saturated rings. The molecule has 1 heteroatoms. The van der Waals surface area contributed by atoms with Crippen LogP contribution in [0.3, 0.4) is 0 Å². The molecular weight excluding hydrogens is 290 g/mol. The van der Waals surface area contributed by atoms with E-state index in [2.05, 4.69) is 74.9 Å². The predicted molar refractivity (Wildman–Crippen MR) is 104 cm³/mol. The molecule has 0 saturated carbocycles. The lowest BCUT2D eigenvalue weighted by Gasteiger charge is -2.31. The summed E-state index contributed by atoms with van der Waals surface area (Å²) >= 11 is 0. The van der Waals surface area contributed by atoms with E-state index in [4.69, 9.17) is 0 Å². The van der Waals surface area contributed by atoms with Crippen molar-refractivity contribution in [3.05, 3.63) is 59.3 Å². The van der Waals surface area contributed by atoms with Crippen molar-refractivity contribution in [1.29, 1.82) is 0 Å². The summed E-state index contributed by atoms with van der Waals surface area (Å²) in [6.45, 7) is 10.5. The van der Waals surface area contributed by atoms with E-state index in [1.807, 2.05) is 0 Å². The van der Waals surface area contributed by atoms with Crippen molar-refractivity contribution in [3.63, 3.8) is 0 Å². The molecule has 0 radical (unpaired) electrons. The molecular formula is C23H32N+. The van der Waals surface area contributed by atoms with Crippen molar-refractivity contribution in [2.24, 2.45) is 5.92 Å². The van der Waals surface area contributed by atoms with Gasteiger partial charge in [-0.05, 0) is 49.3 Å². The summed E-state index contributed by atoms with van der Waals surface area (Å²) < 4.78 is 2.50. The Morgan fingerprint density at radius 1 is 1.12 bits per heavy atom. The molecule has 0 spiro atoms. The minimum absolute atomic E-state index is 0.313. The molecule has 3 rings (SSSR count). The Hall–Kier alpha value is -1.63.